The highest BCUT2D eigenvalue weighted by atomic mass is 16.5. The smallest absolute Gasteiger partial charge is 0.251 e. The van der Waals surface area contributed by atoms with Gasteiger partial charge in [0.1, 0.15) is 11.6 Å². The molecule has 3 N–H and O–H groups in total. The predicted octanol–water partition coefficient (Wildman–Crippen LogP) is 3.40. The topological polar surface area (TPSA) is 104 Å². The first-order valence-electron chi connectivity index (χ1n) is 13.6. The molecule has 1 saturated carbocycles. The summed E-state index contributed by atoms with van der Waals surface area (Å²) in [6, 6.07) is 8.37. The molecule has 0 unspecified atom stereocenters. The molecule has 37 heavy (non-hydrogen) atoms. The van der Waals surface area contributed by atoms with E-state index < -0.39 is 0 Å². The van der Waals surface area contributed by atoms with Crippen molar-refractivity contribution >= 4 is 23.2 Å². The lowest BCUT2D eigenvalue weighted by Gasteiger charge is -2.31. The average molecular weight is 505 g/mol. The number of hydrogen-bond acceptors (Lipinski definition) is 7. The van der Waals surface area contributed by atoms with Gasteiger partial charge in [0.25, 0.3) is 5.91 Å². The van der Waals surface area contributed by atoms with Gasteiger partial charge in [0.05, 0.1) is 12.3 Å². The molecule has 2 saturated heterocycles. The number of aliphatic hydroxyl groups is 1. The van der Waals surface area contributed by atoms with E-state index in [4.69, 9.17) is 14.8 Å². The van der Waals surface area contributed by atoms with E-state index in [1.54, 1.807) is 0 Å². The van der Waals surface area contributed by atoms with Crippen LogP contribution in [0.25, 0.3) is 16.8 Å². The molecule has 196 valence electrons. The van der Waals surface area contributed by atoms with Crippen LogP contribution in [0.15, 0.2) is 30.5 Å². The highest BCUT2D eigenvalue weighted by Gasteiger charge is 2.25. The summed E-state index contributed by atoms with van der Waals surface area (Å²) in [7, 11) is 0. The number of amides is 1. The number of piperidine rings is 1. The molecule has 9 heteroatoms. The van der Waals surface area contributed by atoms with Crippen LogP contribution in [-0.2, 0) is 4.74 Å². The predicted molar refractivity (Wildman–Crippen MR) is 143 cm³/mol. The molecule has 4 heterocycles. The molecule has 3 fully saturated rings. The largest absolute Gasteiger partial charge is 0.393 e. The molecule has 0 spiro atoms. The van der Waals surface area contributed by atoms with Gasteiger partial charge < -0.3 is 25.4 Å². The first-order chi connectivity index (χ1) is 18.0. The van der Waals surface area contributed by atoms with E-state index in [9.17, 15) is 9.90 Å². The molecule has 1 aliphatic carbocycles. The minimum Gasteiger partial charge on any atom is -0.393 e. The number of fused-ring (bicyclic) bond motifs is 1. The molecule has 1 amide bonds. The van der Waals surface area contributed by atoms with E-state index in [2.05, 4.69) is 27.7 Å². The van der Waals surface area contributed by atoms with Gasteiger partial charge in [0.15, 0.2) is 5.65 Å². The number of carbonyl (C=O) groups excluding carboxylic acids is 1. The molecule has 0 atom stereocenters. The van der Waals surface area contributed by atoms with Crippen LogP contribution in [0.2, 0.25) is 0 Å². The van der Waals surface area contributed by atoms with Crippen molar-refractivity contribution < 1.29 is 14.6 Å². The van der Waals surface area contributed by atoms with Gasteiger partial charge in [-0.15, -0.1) is 0 Å². The molecule has 2 aliphatic heterocycles. The number of rotatable bonds is 7. The molecule has 1 aromatic carbocycles. The lowest BCUT2D eigenvalue weighted by Crippen LogP contribution is -2.36. The SMILES string of the molecule is Cc1cc(-c2cnn3c(NCC4CCOCC4)cc(N4CCC(O)CC4)nc23)ccc1C(=O)NC1CC1. The second-order valence-corrected chi connectivity index (χ2v) is 10.7. The van der Waals surface area contributed by atoms with E-state index in [1.165, 1.54) is 0 Å². The Morgan fingerprint density at radius 3 is 2.62 bits per heavy atom. The Morgan fingerprint density at radius 1 is 1.11 bits per heavy atom. The summed E-state index contributed by atoms with van der Waals surface area (Å²) in [5.74, 6) is 2.38. The quantitative estimate of drug-likeness (QED) is 0.453. The van der Waals surface area contributed by atoms with E-state index in [0.717, 1.165) is 105 Å². The molecule has 3 aliphatic rings. The van der Waals surface area contributed by atoms with Gasteiger partial charge in [-0.1, -0.05) is 12.1 Å². The van der Waals surface area contributed by atoms with Crippen molar-refractivity contribution in [2.75, 3.05) is 43.1 Å². The minimum atomic E-state index is -0.241. The van der Waals surface area contributed by atoms with Crippen LogP contribution in [0.4, 0.5) is 11.6 Å². The summed E-state index contributed by atoms with van der Waals surface area (Å²) in [6.45, 7) is 6.03. The number of hydrogen-bond donors (Lipinski definition) is 3. The average Bonchev–Trinajstić information content (AvgIpc) is 3.62. The van der Waals surface area contributed by atoms with Crippen LogP contribution in [0.1, 0.15) is 54.4 Å². The van der Waals surface area contributed by atoms with Crippen LogP contribution in [0.5, 0.6) is 0 Å². The third kappa shape index (κ3) is 5.29. The molecular weight excluding hydrogens is 468 g/mol. The maximum Gasteiger partial charge on any atom is 0.251 e. The van der Waals surface area contributed by atoms with Gasteiger partial charge >= 0.3 is 0 Å². The normalized spacial score (nSPS) is 19.4. The van der Waals surface area contributed by atoms with Crippen molar-refractivity contribution in [3.05, 3.63) is 41.6 Å². The van der Waals surface area contributed by atoms with E-state index >= 15 is 0 Å². The third-order valence-electron chi connectivity index (χ3n) is 7.85. The van der Waals surface area contributed by atoms with E-state index in [-0.39, 0.29) is 12.0 Å². The van der Waals surface area contributed by atoms with Crippen molar-refractivity contribution in [3.63, 3.8) is 0 Å². The summed E-state index contributed by atoms with van der Waals surface area (Å²) in [5.41, 5.74) is 4.36. The number of anilines is 2. The molecule has 6 rings (SSSR count). The lowest BCUT2D eigenvalue weighted by molar-refractivity contribution is 0.0699. The van der Waals surface area contributed by atoms with Crippen LogP contribution in [0, 0.1) is 12.8 Å². The maximum atomic E-state index is 12.6. The number of aryl methyl sites for hydroxylation is 1. The Bertz CT molecular complexity index is 1270. The monoisotopic (exact) mass is 504 g/mol. The van der Waals surface area contributed by atoms with Crippen molar-refractivity contribution in [2.45, 2.75) is 57.6 Å². The molecule has 0 radical (unpaired) electrons. The van der Waals surface area contributed by atoms with E-state index in [1.807, 2.05) is 29.8 Å². The summed E-state index contributed by atoms with van der Waals surface area (Å²) in [6.07, 6.45) is 7.37. The number of ether oxygens (including phenoxy) is 1. The zero-order valence-corrected chi connectivity index (χ0v) is 21.4. The summed E-state index contributed by atoms with van der Waals surface area (Å²) >= 11 is 0. The van der Waals surface area contributed by atoms with Gasteiger partial charge in [-0.2, -0.15) is 9.61 Å². The molecule has 2 aromatic heterocycles. The first-order valence-corrected chi connectivity index (χ1v) is 13.6. The van der Waals surface area contributed by atoms with Gasteiger partial charge in [0.2, 0.25) is 0 Å². The molecule has 9 nitrogen and oxygen atoms in total. The zero-order valence-electron chi connectivity index (χ0n) is 21.4. The maximum absolute atomic E-state index is 12.6. The highest BCUT2D eigenvalue weighted by Crippen LogP contribution is 2.31. The number of aliphatic hydroxyl groups excluding tert-OH is 1. The highest BCUT2D eigenvalue weighted by molar-refractivity contribution is 5.97. The Morgan fingerprint density at radius 2 is 1.89 bits per heavy atom. The van der Waals surface area contributed by atoms with Gasteiger partial charge in [-0.3, -0.25) is 4.79 Å². The second kappa shape index (κ2) is 10.3. The van der Waals surface area contributed by atoms with Crippen LogP contribution >= 0.6 is 0 Å². The van der Waals surface area contributed by atoms with Crippen molar-refractivity contribution in [1.82, 2.24) is 19.9 Å². The van der Waals surface area contributed by atoms with Crippen LogP contribution in [0.3, 0.4) is 0 Å². The van der Waals surface area contributed by atoms with Crippen LogP contribution < -0.4 is 15.5 Å². The van der Waals surface area contributed by atoms with Gasteiger partial charge in [0, 0.05) is 56.1 Å². The lowest BCUT2D eigenvalue weighted by atomic mass is 10.0. The second-order valence-electron chi connectivity index (χ2n) is 10.7. The Labute approximate surface area is 217 Å². The molecule has 3 aromatic rings. The number of aromatic nitrogens is 3. The van der Waals surface area contributed by atoms with Crippen molar-refractivity contribution in [3.8, 4) is 11.1 Å². The van der Waals surface area contributed by atoms with Gasteiger partial charge in [-0.05, 0) is 68.6 Å². The fourth-order valence-corrected chi connectivity index (χ4v) is 5.31. The molecular formula is C28H36N6O3. The summed E-state index contributed by atoms with van der Waals surface area (Å²) < 4.78 is 7.42. The Balaban J connectivity index is 1.33. The summed E-state index contributed by atoms with van der Waals surface area (Å²) in [4.78, 5) is 19.9. The number of nitrogens with one attached hydrogen (secondary N) is 2. The summed E-state index contributed by atoms with van der Waals surface area (Å²) in [5, 5.41) is 21.5. The van der Waals surface area contributed by atoms with E-state index in [0.29, 0.717) is 17.5 Å². The Kier molecular flexibility index (Phi) is 6.73. The first kappa shape index (κ1) is 24.2. The van der Waals surface area contributed by atoms with Crippen molar-refractivity contribution in [2.24, 2.45) is 5.92 Å². The van der Waals surface area contributed by atoms with Crippen LogP contribution in [-0.4, -0.2) is 70.6 Å². The fourth-order valence-electron chi connectivity index (χ4n) is 5.31. The zero-order chi connectivity index (χ0) is 25.4. The fraction of sp³-hybridized carbons (Fsp3) is 0.536. The third-order valence-corrected chi connectivity index (χ3v) is 7.85. The van der Waals surface area contributed by atoms with Gasteiger partial charge in [-0.25, -0.2) is 4.98 Å². The number of nitrogens with zero attached hydrogens (tertiary/aromatic N) is 4. The number of benzene rings is 1. The Hall–Kier alpha value is -3.17. The molecule has 0 bridgehead atoms. The standard InChI is InChI=1S/C28H36N6O3/c1-18-14-20(2-5-23(18)28(36)31-21-3-4-21)24-17-30-34-25(29-16-19-8-12-37-13-9-19)15-26(32-27(24)34)33-10-6-22(35)7-11-33/h2,5,14-15,17,19,21-22,29,35H,3-4,6-13,16H2,1H3,(H,31,36). The number of carbonyl (C=O) groups is 1. The van der Waals surface area contributed by atoms with Crippen molar-refractivity contribution in [1.29, 1.82) is 0 Å². The minimum absolute atomic E-state index is 0.00119.